The molecule has 0 saturated heterocycles. The molecule has 0 heterocycles. The first-order valence-corrected chi connectivity index (χ1v) is 4.27. The maximum Gasteiger partial charge on any atom is 0.259 e. The lowest BCUT2D eigenvalue weighted by Gasteiger charge is -2.08. The van der Waals surface area contributed by atoms with Crippen LogP contribution >= 0.6 is 12.2 Å². The van der Waals surface area contributed by atoms with Gasteiger partial charge in [-0.05, 0) is 12.2 Å². The van der Waals surface area contributed by atoms with E-state index in [2.05, 4.69) is 12.2 Å². The summed E-state index contributed by atoms with van der Waals surface area (Å²) in [5.41, 5.74) is 5.24. The standard InChI is InChI=1S/C9H11NO3S/c1-11-6-3-7(12-2)5-8(4-6)13-9(10)14/h3-5H,1-2H3,(H2,10,14). The zero-order valence-corrected chi connectivity index (χ0v) is 8.76. The summed E-state index contributed by atoms with van der Waals surface area (Å²) >= 11 is 4.61. The fraction of sp³-hybridized carbons (Fsp3) is 0.222. The third-order valence-corrected chi connectivity index (χ3v) is 1.63. The van der Waals surface area contributed by atoms with Gasteiger partial charge in [0.05, 0.1) is 14.2 Å². The van der Waals surface area contributed by atoms with Crippen LogP contribution in [-0.2, 0) is 0 Å². The van der Waals surface area contributed by atoms with Gasteiger partial charge >= 0.3 is 0 Å². The largest absolute Gasteiger partial charge is 0.496 e. The quantitative estimate of drug-likeness (QED) is 0.767. The maximum absolute atomic E-state index is 5.24. The van der Waals surface area contributed by atoms with Crippen LogP contribution in [0.1, 0.15) is 0 Å². The van der Waals surface area contributed by atoms with Crippen LogP contribution in [0.15, 0.2) is 18.2 Å². The summed E-state index contributed by atoms with van der Waals surface area (Å²) in [5.74, 6) is 1.74. The maximum atomic E-state index is 5.24. The van der Waals surface area contributed by atoms with E-state index in [1.807, 2.05) is 0 Å². The molecule has 0 atom stereocenters. The van der Waals surface area contributed by atoms with E-state index in [4.69, 9.17) is 19.9 Å². The molecule has 0 aromatic heterocycles. The minimum Gasteiger partial charge on any atom is -0.496 e. The molecule has 0 unspecified atom stereocenters. The van der Waals surface area contributed by atoms with Gasteiger partial charge < -0.3 is 19.9 Å². The normalized spacial score (nSPS) is 9.29. The Hall–Kier alpha value is -1.49. The van der Waals surface area contributed by atoms with Crippen molar-refractivity contribution >= 4 is 17.4 Å². The Morgan fingerprint density at radius 2 is 1.50 bits per heavy atom. The number of ether oxygens (including phenoxy) is 3. The zero-order chi connectivity index (χ0) is 10.6. The summed E-state index contributed by atoms with van der Waals surface area (Å²) in [7, 11) is 3.11. The van der Waals surface area contributed by atoms with Crippen LogP contribution in [0, 0.1) is 0 Å². The van der Waals surface area contributed by atoms with Crippen molar-refractivity contribution in [3.05, 3.63) is 18.2 Å². The van der Waals surface area contributed by atoms with Crippen LogP contribution in [0.3, 0.4) is 0 Å². The Kier molecular flexibility index (Phi) is 3.53. The lowest BCUT2D eigenvalue weighted by molar-refractivity contribution is 0.390. The number of rotatable bonds is 3. The van der Waals surface area contributed by atoms with Crippen molar-refractivity contribution in [3.8, 4) is 17.2 Å². The molecule has 1 aromatic rings. The minimum absolute atomic E-state index is 0.0414. The van der Waals surface area contributed by atoms with Crippen LogP contribution in [0.2, 0.25) is 0 Å². The molecule has 0 bridgehead atoms. The van der Waals surface area contributed by atoms with Crippen LogP contribution < -0.4 is 19.9 Å². The second-order valence-electron chi connectivity index (χ2n) is 2.47. The number of methoxy groups -OCH3 is 2. The van der Waals surface area contributed by atoms with Crippen molar-refractivity contribution in [2.24, 2.45) is 5.73 Å². The highest BCUT2D eigenvalue weighted by Gasteiger charge is 2.03. The molecule has 76 valence electrons. The topological polar surface area (TPSA) is 53.7 Å². The van der Waals surface area contributed by atoms with Crippen LogP contribution in [0.4, 0.5) is 0 Å². The van der Waals surface area contributed by atoms with E-state index in [9.17, 15) is 0 Å². The summed E-state index contributed by atoms with van der Waals surface area (Å²) in [6.07, 6.45) is 0. The van der Waals surface area contributed by atoms with Gasteiger partial charge in [-0.2, -0.15) is 0 Å². The van der Waals surface area contributed by atoms with Crippen molar-refractivity contribution in [2.45, 2.75) is 0 Å². The highest BCUT2D eigenvalue weighted by molar-refractivity contribution is 7.80. The Morgan fingerprint density at radius 1 is 1.07 bits per heavy atom. The fourth-order valence-corrected chi connectivity index (χ4v) is 1.05. The molecule has 2 N–H and O–H groups in total. The summed E-state index contributed by atoms with van der Waals surface area (Å²) in [6.45, 7) is 0. The van der Waals surface area contributed by atoms with Gasteiger partial charge in [-0.1, -0.05) is 0 Å². The molecule has 1 rings (SSSR count). The molecular weight excluding hydrogens is 202 g/mol. The van der Waals surface area contributed by atoms with Crippen LogP contribution in [0.25, 0.3) is 0 Å². The molecule has 5 heteroatoms. The van der Waals surface area contributed by atoms with Gasteiger partial charge in [-0.25, -0.2) is 0 Å². The Morgan fingerprint density at radius 3 is 1.86 bits per heavy atom. The molecule has 0 aliphatic rings. The van der Waals surface area contributed by atoms with Crippen molar-refractivity contribution in [2.75, 3.05) is 14.2 Å². The van der Waals surface area contributed by atoms with Gasteiger partial charge in [0.25, 0.3) is 5.17 Å². The van der Waals surface area contributed by atoms with Gasteiger partial charge in [0.2, 0.25) is 0 Å². The summed E-state index contributed by atoms with van der Waals surface area (Å²) in [5, 5.41) is -0.0414. The van der Waals surface area contributed by atoms with E-state index in [0.29, 0.717) is 17.2 Å². The smallest absolute Gasteiger partial charge is 0.259 e. The van der Waals surface area contributed by atoms with Gasteiger partial charge in [0.1, 0.15) is 17.2 Å². The van der Waals surface area contributed by atoms with E-state index in [0.717, 1.165) is 0 Å². The zero-order valence-electron chi connectivity index (χ0n) is 7.94. The molecular formula is C9H11NO3S. The third kappa shape index (κ3) is 2.77. The van der Waals surface area contributed by atoms with Crippen LogP contribution in [0.5, 0.6) is 17.2 Å². The number of hydrogen-bond donors (Lipinski definition) is 1. The van der Waals surface area contributed by atoms with Gasteiger partial charge in [-0.3, -0.25) is 0 Å². The average molecular weight is 213 g/mol. The molecule has 0 spiro atoms. The molecule has 1 aromatic carbocycles. The SMILES string of the molecule is COc1cc(OC)cc(OC(N)=S)c1. The molecule has 0 aliphatic heterocycles. The Labute approximate surface area is 87.6 Å². The Balaban J connectivity index is 2.98. The lowest BCUT2D eigenvalue weighted by atomic mass is 10.3. The molecule has 0 radical (unpaired) electrons. The third-order valence-electron chi connectivity index (χ3n) is 1.54. The van der Waals surface area contributed by atoms with Gasteiger partial charge in [0, 0.05) is 18.2 Å². The average Bonchev–Trinajstić information content (AvgIpc) is 2.16. The predicted molar refractivity (Wildman–Crippen MR) is 57.0 cm³/mol. The van der Waals surface area contributed by atoms with Crippen LogP contribution in [-0.4, -0.2) is 19.4 Å². The molecule has 0 amide bonds. The first-order chi connectivity index (χ1) is 6.65. The summed E-state index contributed by atoms with van der Waals surface area (Å²) in [4.78, 5) is 0. The van der Waals surface area contributed by atoms with E-state index < -0.39 is 0 Å². The second kappa shape index (κ2) is 4.66. The molecule has 0 aliphatic carbocycles. The first kappa shape index (κ1) is 10.6. The first-order valence-electron chi connectivity index (χ1n) is 3.86. The van der Waals surface area contributed by atoms with E-state index in [1.165, 1.54) is 0 Å². The number of thiocarbonyl (C=S) groups is 1. The lowest BCUT2D eigenvalue weighted by Crippen LogP contribution is -2.15. The predicted octanol–water partition coefficient (Wildman–Crippen LogP) is 1.33. The van der Waals surface area contributed by atoms with Crippen molar-refractivity contribution in [1.29, 1.82) is 0 Å². The highest BCUT2D eigenvalue weighted by atomic mass is 32.1. The minimum atomic E-state index is -0.0414. The molecule has 14 heavy (non-hydrogen) atoms. The number of hydrogen-bond acceptors (Lipinski definition) is 4. The van der Waals surface area contributed by atoms with E-state index in [-0.39, 0.29) is 5.17 Å². The molecule has 0 fully saturated rings. The van der Waals surface area contributed by atoms with Crippen molar-refractivity contribution in [3.63, 3.8) is 0 Å². The second-order valence-corrected chi connectivity index (χ2v) is 2.87. The number of nitrogens with two attached hydrogens (primary N) is 1. The number of benzene rings is 1. The monoisotopic (exact) mass is 213 g/mol. The van der Waals surface area contributed by atoms with E-state index in [1.54, 1.807) is 32.4 Å². The summed E-state index contributed by atoms with van der Waals surface area (Å²) in [6, 6.07) is 5.07. The molecule has 0 saturated carbocycles. The summed E-state index contributed by atoms with van der Waals surface area (Å²) < 4.78 is 15.1. The Bertz CT molecular complexity index is 319. The fourth-order valence-electron chi connectivity index (χ4n) is 0.956. The highest BCUT2D eigenvalue weighted by Crippen LogP contribution is 2.27. The molecule has 4 nitrogen and oxygen atoms in total. The van der Waals surface area contributed by atoms with Crippen molar-refractivity contribution in [1.82, 2.24) is 0 Å². The van der Waals surface area contributed by atoms with E-state index >= 15 is 0 Å². The van der Waals surface area contributed by atoms with Crippen molar-refractivity contribution < 1.29 is 14.2 Å². The van der Waals surface area contributed by atoms with Gasteiger partial charge in [0.15, 0.2) is 0 Å². The van der Waals surface area contributed by atoms with Gasteiger partial charge in [-0.15, -0.1) is 0 Å².